The molecule has 0 saturated heterocycles. The Morgan fingerprint density at radius 2 is 1.71 bits per heavy atom. The zero-order chi connectivity index (χ0) is 24.2. The summed E-state index contributed by atoms with van der Waals surface area (Å²) in [6, 6.07) is 20.2. The first-order valence-corrected chi connectivity index (χ1v) is 11.5. The lowest BCUT2D eigenvalue weighted by Gasteiger charge is -2.28. The van der Waals surface area contributed by atoms with Crippen molar-refractivity contribution >= 4 is 16.9 Å². The number of para-hydroxylation sites is 2. The number of carbonyl (C=O) groups is 1. The van der Waals surface area contributed by atoms with E-state index in [0.29, 0.717) is 47.9 Å². The summed E-state index contributed by atoms with van der Waals surface area (Å²) in [5, 5.41) is 0.350. The van der Waals surface area contributed by atoms with Gasteiger partial charge in [-0.25, -0.2) is 0 Å². The first-order valence-electron chi connectivity index (χ1n) is 11.5. The second-order valence-electron chi connectivity index (χ2n) is 8.19. The van der Waals surface area contributed by atoms with Gasteiger partial charge in [-0.2, -0.15) is 0 Å². The first kappa shape index (κ1) is 22.5. The fourth-order valence-electron chi connectivity index (χ4n) is 4.12. The van der Waals surface area contributed by atoms with Crippen LogP contribution in [0.4, 0.5) is 0 Å². The topological polar surface area (TPSA) is 78.2 Å². The minimum atomic E-state index is -0.313. The molecule has 1 amide bonds. The molecule has 35 heavy (non-hydrogen) atoms. The Hall–Kier alpha value is -4.26. The SMILES string of the molecule is CCOc1ccccc1Oc1coc2cc(OCC(=O)N3CCc4ccccc4C3)ccc2c1=O. The summed E-state index contributed by atoms with van der Waals surface area (Å²) in [7, 11) is 0. The highest BCUT2D eigenvalue weighted by Gasteiger charge is 2.21. The second kappa shape index (κ2) is 9.93. The van der Waals surface area contributed by atoms with E-state index in [0.717, 1.165) is 6.42 Å². The van der Waals surface area contributed by atoms with E-state index >= 15 is 0 Å². The lowest BCUT2D eigenvalue weighted by Crippen LogP contribution is -2.38. The molecule has 0 spiro atoms. The van der Waals surface area contributed by atoms with Crippen LogP contribution in [0.3, 0.4) is 0 Å². The molecule has 0 saturated carbocycles. The van der Waals surface area contributed by atoms with E-state index in [1.807, 2.05) is 31.2 Å². The molecule has 0 bridgehead atoms. The second-order valence-corrected chi connectivity index (χ2v) is 8.19. The summed E-state index contributed by atoms with van der Waals surface area (Å²) >= 11 is 0. The van der Waals surface area contributed by atoms with Crippen LogP contribution >= 0.6 is 0 Å². The average molecular weight is 472 g/mol. The van der Waals surface area contributed by atoms with Crippen molar-refractivity contribution in [2.24, 2.45) is 0 Å². The lowest BCUT2D eigenvalue weighted by atomic mass is 10.00. The molecular weight excluding hydrogens is 446 g/mol. The number of fused-ring (bicyclic) bond motifs is 2. The number of rotatable bonds is 7. The maximum Gasteiger partial charge on any atom is 0.260 e. The molecule has 7 heteroatoms. The average Bonchev–Trinajstić information content (AvgIpc) is 2.89. The number of benzene rings is 3. The molecule has 3 aromatic carbocycles. The fraction of sp³-hybridized carbons (Fsp3) is 0.214. The molecule has 178 valence electrons. The van der Waals surface area contributed by atoms with Crippen LogP contribution in [0.5, 0.6) is 23.0 Å². The highest BCUT2D eigenvalue weighted by atomic mass is 16.5. The molecule has 0 unspecified atom stereocenters. The van der Waals surface area contributed by atoms with Crippen molar-refractivity contribution in [3.05, 3.63) is 94.3 Å². The van der Waals surface area contributed by atoms with Crippen LogP contribution in [0.15, 0.2) is 82.2 Å². The van der Waals surface area contributed by atoms with Crippen molar-refractivity contribution in [1.82, 2.24) is 4.90 Å². The van der Waals surface area contributed by atoms with Gasteiger partial charge in [0.2, 0.25) is 11.2 Å². The molecule has 1 aliphatic heterocycles. The van der Waals surface area contributed by atoms with Gasteiger partial charge >= 0.3 is 0 Å². The Morgan fingerprint density at radius 1 is 0.943 bits per heavy atom. The van der Waals surface area contributed by atoms with Gasteiger partial charge in [0, 0.05) is 19.2 Å². The molecule has 4 aromatic rings. The van der Waals surface area contributed by atoms with E-state index < -0.39 is 0 Å². The van der Waals surface area contributed by atoms with E-state index in [4.69, 9.17) is 18.6 Å². The summed E-state index contributed by atoms with van der Waals surface area (Å²) in [6.07, 6.45) is 2.11. The molecule has 7 nitrogen and oxygen atoms in total. The number of nitrogens with zero attached hydrogens (tertiary/aromatic N) is 1. The minimum absolute atomic E-state index is 0.0545. The number of ether oxygens (including phenoxy) is 3. The minimum Gasteiger partial charge on any atom is -0.490 e. The summed E-state index contributed by atoms with van der Waals surface area (Å²) in [5.74, 6) is 1.39. The summed E-state index contributed by atoms with van der Waals surface area (Å²) in [6.45, 7) is 3.51. The van der Waals surface area contributed by atoms with Crippen LogP contribution in [0.25, 0.3) is 11.0 Å². The van der Waals surface area contributed by atoms with E-state index in [1.165, 1.54) is 17.4 Å². The third-order valence-electron chi connectivity index (χ3n) is 5.93. The maximum absolute atomic E-state index is 13.0. The largest absolute Gasteiger partial charge is 0.490 e. The first-order chi connectivity index (χ1) is 17.1. The molecule has 1 aromatic heterocycles. The third-order valence-corrected chi connectivity index (χ3v) is 5.93. The number of carbonyl (C=O) groups excluding carboxylic acids is 1. The summed E-state index contributed by atoms with van der Waals surface area (Å²) in [5.41, 5.74) is 2.48. The predicted octanol–water partition coefficient (Wildman–Crippen LogP) is 4.95. The van der Waals surface area contributed by atoms with Crippen molar-refractivity contribution in [2.75, 3.05) is 19.8 Å². The van der Waals surface area contributed by atoms with Gasteiger partial charge in [0.25, 0.3) is 5.91 Å². The van der Waals surface area contributed by atoms with Gasteiger partial charge in [0.05, 0.1) is 12.0 Å². The molecule has 2 heterocycles. The van der Waals surface area contributed by atoms with Crippen molar-refractivity contribution in [1.29, 1.82) is 0 Å². The molecular formula is C28H25NO6. The Morgan fingerprint density at radius 3 is 2.54 bits per heavy atom. The van der Waals surface area contributed by atoms with E-state index in [9.17, 15) is 9.59 Å². The standard InChI is InChI=1S/C28H25NO6/c1-2-32-23-9-5-6-10-24(23)35-26-17-34-25-15-21(11-12-22(25)28(26)31)33-18-27(30)29-14-13-19-7-3-4-8-20(19)16-29/h3-12,15,17H,2,13-14,16,18H2,1H3. The van der Waals surface area contributed by atoms with E-state index in [2.05, 4.69) is 6.07 Å². The monoisotopic (exact) mass is 471 g/mol. The smallest absolute Gasteiger partial charge is 0.260 e. The Kier molecular flexibility index (Phi) is 6.39. The predicted molar refractivity (Wildman–Crippen MR) is 131 cm³/mol. The van der Waals surface area contributed by atoms with Crippen LogP contribution in [-0.2, 0) is 17.8 Å². The molecule has 5 rings (SSSR count). The normalized spacial score (nSPS) is 12.8. The van der Waals surface area contributed by atoms with E-state index in [1.54, 1.807) is 41.3 Å². The molecule has 0 atom stereocenters. The molecule has 0 aliphatic carbocycles. The molecule has 1 aliphatic rings. The van der Waals surface area contributed by atoms with Crippen molar-refractivity contribution in [2.45, 2.75) is 19.9 Å². The zero-order valence-corrected chi connectivity index (χ0v) is 19.4. The Bertz CT molecular complexity index is 1430. The van der Waals surface area contributed by atoms with Gasteiger partial charge in [-0.3, -0.25) is 9.59 Å². The fourth-order valence-corrected chi connectivity index (χ4v) is 4.12. The maximum atomic E-state index is 13.0. The van der Waals surface area contributed by atoms with Gasteiger partial charge in [-0.15, -0.1) is 0 Å². The number of amides is 1. The van der Waals surface area contributed by atoms with Gasteiger partial charge in [-0.05, 0) is 48.7 Å². The van der Waals surface area contributed by atoms with Crippen LogP contribution in [0.2, 0.25) is 0 Å². The van der Waals surface area contributed by atoms with Gasteiger partial charge in [0.15, 0.2) is 18.1 Å². The quantitative estimate of drug-likeness (QED) is 0.380. The highest BCUT2D eigenvalue weighted by molar-refractivity contribution is 5.80. The summed E-state index contributed by atoms with van der Waals surface area (Å²) in [4.78, 5) is 27.4. The van der Waals surface area contributed by atoms with Crippen molar-refractivity contribution in [3.8, 4) is 23.0 Å². The number of hydrogen-bond donors (Lipinski definition) is 0. The lowest BCUT2D eigenvalue weighted by molar-refractivity contribution is -0.134. The van der Waals surface area contributed by atoms with Crippen LogP contribution < -0.4 is 19.6 Å². The van der Waals surface area contributed by atoms with E-state index in [-0.39, 0.29) is 23.7 Å². The third kappa shape index (κ3) is 4.84. The zero-order valence-electron chi connectivity index (χ0n) is 19.4. The molecule has 0 fully saturated rings. The summed E-state index contributed by atoms with van der Waals surface area (Å²) < 4.78 is 22.7. The Labute approximate surface area is 202 Å². The van der Waals surface area contributed by atoms with Gasteiger partial charge in [-0.1, -0.05) is 36.4 Å². The molecule has 0 radical (unpaired) electrons. The van der Waals surface area contributed by atoms with Gasteiger partial charge in [0.1, 0.15) is 17.6 Å². The molecule has 0 N–H and O–H groups in total. The van der Waals surface area contributed by atoms with Crippen LogP contribution in [0, 0.1) is 0 Å². The highest BCUT2D eigenvalue weighted by Crippen LogP contribution is 2.31. The van der Waals surface area contributed by atoms with Crippen molar-refractivity contribution in [3.63, 3.8) is 0 Å². The Balaban J connectivity index is 1.27. The van der Waals surface area contributed by atoms with Crippen molar-refractivity contribution < 1.29 is 23.4 Å². The van der Waals surface area contributed by atoms with Crippen LogP contribution in [0.1, 0.15) is 18.1 Å². The van der Waals surface area contributed by atoms with Crippen LogP contribution in [-0.4, -0.2) is 30.6 Å². The number of hydrogen-bond acceptors (Lipinski definition) is 6. The van der Waals surface area contributed by atoms with Gasteiger partial charge < -0.3 is 23.5 Å².